The molecule has 16 heavy (non-hydrogen) atoms. The molecule has 1 aromatic heterocycles. The van der Waals surface area contributed by atoms with Crippen molar-refractivity contribution in [3.05, 3.63) is 24.1 Å². The summed E-state index contributed by atoms with van der Waals surface area (Å²) < 4.78 is 11.5. The molecule has 0 saturated carbocycles. The Morgan fingerprint density at radius 3 is 2.62 bits per heavy atom. The van der Waals surface area contributed by atoms with Crippen LogP contribution in [0.4, 0.5) is 0 Å². The second kappa shape index (κ2) is 6.53. The van der Waals surface area contributed by atoms with Crippen LogP contribution in [-0.4, -0.2) is 11.8 Å². The number of nitrogens with zero attached hydrogens (tertiary/aromatic N) is 1. The van der Waals surface area contributed by atoms with Crippen LogP contribution >= 0.6 is 11.3 Å². The minimum atomic E-state index is 0. The summed E-state index contributed by atoms with van der Waals surface area (Å²) in [6.07, 6.45) is 2.00. The van der Waals surface area contributed by atoms with Crippen LogP contribution in [-0.2, 0) is 32.7 Å². The van der Waals surface area contributed by atoms with Crippen molar-refractivity contribution >= 4 is 21.6 Å². The van der Waals surface area contributed by atoms with E-state index in [4.69, 9.17) is 9.47 Å². The molecule has 1 aliphatic rings. The van der Waals surface area contributed by atoms with E-state index < -0.39 is 0 Å². The van der Waals surface area contributed by atoms with Crippen molar-refractivity contribution in [2.45, 2.75) is 13.8 Å². The van der Waals surface area contributed by atoms with E-state index in [-0.39, 0.29) is 32.7 Å². The second-order valence-electron chi connectivity index (χ2n) is 3.06. The first-order valence-corrected chi connectivity index (χ1v) is 5.47. The van der Waals surface area contributed by atoms with Crippen LogP contribution in [0.2, 0.25) is 0 Å². The van der Waals surface area contributed by atoms with E-state index in [9.17, 15) is 0 Å². The molecule has 5 heteroatoms. The third kappa shape index (κ3) is 2.93. The predicted molar refractivity (Wildman–Crippen MR) is 60.2 cm³/mol. The summed E-state index contributed by atoms with van der Waals surface area (Å²) in [6.45, 7) is 4.32. The molecule has 0 bridgehead atoms. The Morgan fingerprint density at radius 2 is 1.94 bits per heavy atom. The predicted octanol–water partition coefficient (Wildman–Crippen LogP) is 3.05. The van der Waals surface area contributed by atoms with E-state index in [2.05, 4.69) is 10.5 Å². The van der Waals surface area contributed by atoms with Gasteiger partial charge in [0, 0.05) is 32.7 Å². The van der Waals surface area contributed by atoms with Gasteiger partial charge in [0.2, 0.25) is 6.79 Å². The Kier molecular flexibility index (Phi) is 5.66. The first-order valence-electron chi connectivity index (χ1n) is 4.65. The van der Waals surface area contributed by atoms with Gasteiger partial charge in [0.05, 0.1) is 0 Å². The number of benzene rings is 1. The van der Waals surface area contributed by atoms with Crippen LogP contribution in [0.5, 0.6) is 11.5 Å². The molecule has 3 rings (SSSR count). The van der Waals surface area contributed by atoms with Gasteiger partial charge in [-0.15, -0.1) is 0 Å². The molecule has 0 N–H and O–H groups in total. The van der Waals surface area contributed by atoms with Crippen molar-refractivity contribution in [3.8, 4) is 11.5 Å². The quantitative estimate of drug-likeness (QED) is 0.701. The SMILES string of the molecule is C[CH-]C.[Y].[c-]1nc2cc3c(cc2s1)OCO3. The zero-order valence-electron chi connectivity index (χ0n) is 9.19. The molecule has 0 fully saturated rings. The van der Waals surface area contributed by atoms with Gasteiger partial charge in [-0.05, 0) is 5.51 Å². The largest absolute Gasteiger partial charge is 0.455 e. The number of ether oxygens (including phenoxy) is 2. The topological polar surface area (TPSA) is 31.4 Å². The fraction of sp³-hybridized carbons (Fsp3) is 0.273. The molecule has 1 aromatic carbocycles. The number of fused-ring (bicyclic) bond motifs is 2. The number of thiazole rings is 1. The van der Waals surface area contributed by atoms with Gasteiger partial charge in [-0.3, -0.25) is 11.3 Å². The molecule has 3 nitrogen and oxygen atoms in total. The molecule has 0 saturated heterocycles. The van der Waals surface area contributed by atoms with Crippen LogP contribution in [0.3, 0.4) is 0 Å². The molecule has 83 valence electrons. The fourth-order valence-corrected chi connectivity index (χ4v) is 1.82. The normalized spacial score (nSPS) is 11.6. The van der Waals surface area contributed by atoms with Crippen molar-refractivity contribution < 1.29 is 42.2 Å². The Morgan fingerprint density at radius 1 is 1.31 bits per heavy atom. The number of rotatable bonds is 0. The van der Waals surface area contributed by atoms with Crippen molar-refractivity contribution in [1.29, 1.82) is 0 Å². The van der Waals surface area contributed by atoms with E-state index in [1.807, 2.05) is 32.4 Å². The van der Waals surface area contributed by atoms with Crippen LogP contribution in [0.1, 0.15) is 13.8 Å². The van der Waals surface area contributed by atoms with Crippen LogP contribution < -0.4 is 9.47 Å². The van der Waals surface area contributed by atoms with Crippen LogP contribution in [0.25, 0.3) is 10.2 Å². The Balaban J connectivity index is 0.000000292. The zero-order chi connectivity index (χ0) is 10.7. The zero-order valence-corrected chi connectivity index (χ0v) is 12.8. The number of hydrogen-bond donors (Lipinski definition) is 0. The average molecular weight is 310 g/mol. The Hall–Kier alpha value is -0.186. The van der Waals surface area contributed by atoms with Gasteiger partial charge in [0.1, 0.15) is 0 Å². The molecule has 2 aromatic rings. The summed E-state index contributed by atoms with van der Waals surface area (Å²) in [5, 5.41) is 0. The summed E-state index contributed by atoms with van der Waals surface area (Å²) in [4.78, 5) is 4.05. The van der Waals surface area contributed by atoms with Crippen molar-refractivity contribution in [2.75, 3.05) is 6.79 Å². The summed E-state index contributed by atoms with van der Waals surface area (Å²) in [5.74, 6) is 1.59. The Labute approximate surface area is 124 Å². The van der Waals surface area contributed by atoms with E-state index in [0.29, 0.717) is 6.79 Å². The van der Waals surface area contributed by atoms with Gasteiger partial charge in [-0.2, -0.15) is 13.8 Å². The maximum atomic E-state index is 5.22. The molecule has 1 aliphatic heterocycles. The van der Waals surface area contributed by atoms with Crippen molar-refractivity contribution in [3.63, 3.8) is 0 Å². The second-order valence-corrected chi connectivity index (χ2v) is 3.88. The monoisotopic (exact) mass is 310 g/mol. The van der Waals surface area contributed by atoms with Gasteiger partial charge >= 0.3 is 0 Å². The van der Waals surface area contributed by atoms with E-state index in [1.165, 1.54) is 11.3 Å². The first-order chi connectivity index (χ1) is 7.35. The minimum Gasteiger partial charge on any atom is -0.455 e. The van der Waals surface area contributed by atoms with E-state index in [0.717, 1.165) is 21.7 Å². The van der Waals surface area contributed by atoms with Gasteiger partial charge in [-0.25, -0.2) is 0 Å². The van der Waals surface area contributed by atoms with Gasteiger partial charge < -0.3 is 20.9 Å². The van der Waals surface area contributed by atoms with Gasteiger partial charge in [-0.1, -0.05) is 22.3 Å². The summed E-state index contributed by atoms with van der Waals surface area (Å²) in [5.41, 5.74) is 3.74. The van der Waals surface area contributed by atoms with Gasteiger partial charge in [0.25, 0.3) is 0 Å². The van der Waals surface area contributed by atoms with E-state index >= 15 is 0 Å². The summed E-state index contributed by atoms with van der Waals surface area (Å²) in [6, 6.07) is 3.82. The molecule has 2 heterocycles. The van der Waals surface area contributed by atoms with E-state index in [1.54, 1.807) is 0 Å². The Bertz CT molecular complexity index is 420. The summed E-state index contributed by atoms with van der Waals surface area (Å²) in [7, 11) is 0. The standard InChI is InChI=1S/C8H4NO2S.C3H7.Y/c1-5-8(12-3-9-5)2-7-6(1)10-4-11-7;1-3-2;/h1-2H,4H2;3H,1-2H3;/q2*-1;. The smallest absolute Gasteiger partial charge is 0.231 e. The summed E-state index contributed by atoms with van der Waals surface area (Å²) >= 11 is 1.48. The molecule has 0 atom stereocenters. The van der Waals surface area contributed by atoms with Crippen molar-refractivity contribution in [1.82, 2.24) is 4.98 Å². The first kappa shape index (κ1) is 13.9. The third-order valence-corrected chi connectivity index (χ3v) is 2.51. The molecular weight excluding hydrogens is 299 g/mol. The number of aromatic nitrogens is 1. The maximum absolute atomic E-state index is 5.22. The molecule has 1 radical (unpaired) electrons. The van der Waals surface area contributed by atoms with Gasteiger partial charge in [0.15, 0.2) is 11.5 Å². The molecule has 0 aliphatic carbocycles. The molecular formula is C11H11NO2SY-2. The molecule has 0 spiro atoms. The van der Waals surface area contributed by atoms with Crippen molar-refractivity contribution in [2.24, 2.45) is 0 Å². The maximum Gasteiger partial charge on any atom is 0.231 e. The van der Waals surface area contributed by atoms with Crippen LogP contribution in [0, 0.1) is 11.9 Å². The number of hydrogen-bond acceptors (Lipinski definition) is 4. The average Bonchev–Trinajstić information content (AvgIpc) is 2.81. The van der Waals surface area contributed by atoms with Crippen LogP contribution in [0.15, 0.2) is 12.1 Å². The fourth-order valence-electron chi connectivity index (χ4n) is 1.20. The molecule has 0 amide bonds. The minimum absolute atomic E-state index is 0. The third-order valence-electron chi connectivity index (χ3n) is 1.78. The molecule has 0 unspecified atom stereocenters.